The van der Waals surface area contributed by atoms with Crippen LogP contribution >= 0.6 is 11.8 Å². The van der Waals surface area contributed by atoms with Gasteiger partial charge in [-0.15, -0.1) is 10.2 Å². The lowest BCUT2D eigenvalue weighted by Gasteiger charge is -2.08. The number of hydrogen-bond acceptors (Lipinski definition) is 6. The van der Waals surface area contributed by atoms with Gasteiger partial charge in [0, 0.05) is 13.1 Å². The van der Waals surface area contributed by atoms with Crippen LogP contribution in [0.3, 0.4) is 0 Å². The van der Waals surface area contributed by atoms with Gasteiger partial charge in [-0.1, -0.05) is 23.9 Å². The van der Waals surface area contributed by atoms with Crippen LogP contribution in [-0.2, 0) is 11.8 Å². The SMILES string of the molecule is COc1ccccc1-c1nnc(SCC(=O)NC(=O)NC2CC2)n1C. The van der Waals surface area contributed by atoms with Gasteiger partial charge in [-0.25, -0.2) is 4.79 Å². The number of para-hydroxylation sites is 1. The number of amides is 3. The van der Waals surface area contributed by atoms with Gasteiger partial charge in [0.1, 0.15) is 5.75 Å². The molecule has 0 atom stereocenters. The Morgan fingerprint density at radius 3 is 2.80 bits per heavy atom. The standard InChI is InChI=1S/C16H19N5O3S/c1-21-14(11-5-3-4-6-12(11)24-2)19-20-16(21)25-9-13(22)18-15(23)17-10-7-8-10/h3-6,10H,7-9H2,1-2H3,(H2,17,18,22,23). The molecule has 1 fully saturated rings. The van der Waals surface area contributed by atoms with E-state index < -0.39 is 6.03 Å². The first kappa shape index (κ1) is 17.3. The van der Waals surface area contributed by atoms with Crippen LogP contribution in [0.5, 0.6) is 5.75 Å². The van der Waals surface area contributed by atoms with E-state index in [1.54, 1.807) is 11.7 Å². The molecule has 25 heavy (non-hydrogen) atoms. The molecule has 1 aromatic carbocycles. The van der Waals surface area contributed by atoms with Gasteiger partial charge in [-0.2, -0.15) is 0 Å². The van der Waals surface area contributed by atoms with Crippen LogP contribution in [0, 0.1) is 0 Å². The van der Waals surface area contributed by atoms with Crippen molar-refractivity contribution >= 4 is 23.7 Å². The lowest BCUT2D eigenvalue weighted by Crippen LogP contribution is -2.41. The zero-order chi connectivity index (χ0) is 17.8. The van der Waals surface area contributed by atoms with Gasteiger partial charge >= 0.3 is 6.03 Å². The summed E-state index contributed by atoms with van der Waals surface area (Å²) in [6.07, 6.45) is 1.95. The molecule has 2 aromatic rings. The van der Waals surface area contributed by atoms with Crippen molar-refractivity contribution in [3.8, 4) is 17.1 Å². The number of methoxy groups -OCH3 is 1. The Morgan fingerprint density at radius 2 is 2.08 bits per heavy atom. The van der Waals surface area contributed by atoms with Crippen LogP contribution in [0.25, 0.3) is 11.4 Å². The number of nitrogens with one attached hydrogen (secondary N) is 2. The van der Waals surface area contributed by atoms with Crippen molar-refractivity contribution in [3.05, 3.63) is 24.3 Å². The topological polar surface area (TPSA) is 98.1 Å². The second-order valence-corrected chi connectivity index (χ2v) is 6.59. The van der Waals surface area contributed by atoms with Crippen molar-refractivity contribution in [3.63, 3.8) is 0 Å². The minimum absolute atomic E-state index is 0.0793. The van der Waals surface area contributed by atoms with E-state index in [-0.39, 0.29) is 17.7 Å². The fourth-order valence-corrected chi connectivity index (χ4v) is 2.96. The Bertz CT molecular complexity index is 788. The molecule has 0 radical (unpaired) electrons. The van der Waals surface area contributed by atoms with Gasteiger partial charge in [0.2, 0.25) is 5.91 Å². The van der Waals surface area contributed by atoms with Crippen LogP contribution in [0.1, 0.15) is 12.8 Å². The number of urea groups is 1. The number of aromatic nitrogens is 3. The number of thioether (sulfide) groups is 1. The summed E-state index contributed by atoms with van der Waals surface area (Å²) >= 11 is 1.22. The molecule has 0 spiro atoms. The minimum atomic E-state index is -0.444. The Hall–Kier alpha value is -2.55. The molecule has 0 aliphatic heterocycles. The first-order valence-corrected chi connectivity index (χ1v) is 8.83. The van der Waals surface area contributed by atoms with E-state index in [4.69, 9.17) is 4.74 Å². The van der Waals surface area contributed by atoms with Gasteiger partial charge in [0.25, 0.3) is 0 Å². The predicted molar refractivity (Wildman–Crippen MR) is 93.4 cm³/mol. The summed E-state index contributed by atoms with van der Waals surface area (Å²) in [4.78, 5) is 23.4. The molecule has 0 bridgehead atoms. The van der Waals surface area contributed by atoms with Crippen molar-refractivity contribution in [1.82, 2.24) is 25.4 Å². The van der Waals surface area contributed by atoms with Gasteiger partial charge in [0.15, 0.2) is 11.0 Å². The smallest absolute Gasteiger partial charge is 0.321 e. The van der Waals surface area contributed by atoms with E-state index in [1.165, 1.54) is 11.8 Å². The van der Waals surface area contributed by atoms with Crippen molar-refractivity contribution in [1.29, 1.82) is 0 Å². The third-order valence-corrected chi connectivity index (χ3v) is 4.70. The highest BCUT2D eigenvalue weighted by atomic mass is 32.2. The number of benzene rings is 1. The zero-order valence-electron chi connectivity index (χ0n) is 14.0. The number of carbonyl (C=O) groups excluding carboxylic acids is 2. The quantitative estimate of drug-likeness (QED) is 0.758. The lowest BCUT2D eigenvalue weighted by molar-refractivity contribution is -0.117. The summed E-state index contributed by atoms with van der Waals surface area (Å²) in [7, 11) is 3.42. The average Bonchev–Trinajstić information content (AvgIpc) is 3.33. The summed E-state index contributed by atoms with van der Waals surface area (Å²) in [5.74, 6) is 1.05. The summed E-state index contributed by atoms with van der Waals surface area (Å²) < 4.78 is 7.14. The van der Waals surface area contributed by atoms with E-state index >= 15 is 0 Å². The minimum Gasteiger partial charge on any atom is -0.496 e. The maximum Gasteiger partial charge on any atom is 0.321 e. The zero-order valence-corrected chi connectivity index (χ0v) is 14.8. The van der Waals surface area contributed by atoms with Crippen LogP contribution < -0.4 is 15.4 Å². The highest BCUT2D eigenvalue weighted by Crippen LogP contribution is 2.29. The van der Waals surface area contributed by atoms with Crippen molar-refractivity contribution in [2.75, 3.05) is 12.9 Å². The highest BCUT2D eigenvalue weighted by molar-refractivity contribution is 7.99. The maximum absolute atomic E-state index is 11.8. The van der Waals surface area contributed by atoms with Gasteiger partial charge < -0.3 is 14.6 Å². The summed E-state index contributed by atoms with van der Waals surface area (Å²) in [5, 5.41) is 13.9. The molecule has 8 nitrogen and oxygen atoms in total. The first-order valence-electron chi connectivity index (χ1n) is 7.84. The Balaban J connectivity index is 1.61. The molecule has 3 rings (SSSR count). The molecule has 2 N–H and O–H groups in total. The van der Waals surface area contributed by atoms with Crippen LogP contribution in [-0.4, -0.2) is 45.6 Å². The second kappa shape index (κ2) is 7.56. The molecular weight excluding hydrogens is 342 g/mol. The molecule has 1 saturated carbocycles. The third kappa shape index (κ3) is 4.30. The maximum atomic E-state index is 11.8. The molecule has 9 heteroatoms. The summed E-state index contributed by atoms with van der Waals surface area (Å²) in [6.45, 7) is 0. The van der Waals surface area contributed by atoms with E-state index in [9.17, 15) is 9.59 Å². The van der Waals surface area contributed by atoms with E-state index in [1.807, 2.05) is 31.3 Å². The number of nitrogens with zero attached hydrogens (tertiary/aromatic N) is 3. The van der Waals surface area contributed by atoms with Gasteiger partial charge in [0.05, 0.1) is 18.4 Å². The molecule has 1 aliphatic rings. The third-order valence-electron chi connectivity index (χ3n) is 3.68. The second-order valence-electron chi connectivity index (χ2n) is 5.65. The molecule has 1 aromatic heterocycles. The molecule has 132 valence electrons. The summed E-state index contributed by atoms with van der Waals surface area (Å²) in [5.41, 5.74) is 0.820. The Kier molecular flexibility index (Phi) is 5.22. The van der Waals surface area contributed by atoms with E-state index in [0.717, 1.165) is 18.4 Å². The van der Waals surface area contributed by atoms with Crippen LogP contribution in [0.15, 0.2) is 29.4 Å². The molecule has 1 aliphatic carbocycles. The highest BCUT2D eigenvalue weighted by Gasteiger charge is 2.24. The first-order chi connectivity index (χ1) is 12.1. The van der Waals surface area contributed by atoms with Crippen LogP contribution in [0.2, 0.25) is 0 Å². The fourth-order valence-electron chi connectivity index (χ4n) is 2.25. The molecule has 3 amide bonds. The Labute approximate surface area is 149 Å². The van der Waals surface area contributed by atoms with E-state index in [0.29, 0.717) is 16.7 Å². The molecular formula is C16H19N5O3S. The molecule has 0 saturated heterocycles. The predicted octanol–water partition coefficient (Wildman–Crippen LogP) is 1.57. The summed E-state index contributed by atoms with van der Waals surface area (Å²) in [6, 6.07) is 7.29. The monoisotopic (exact) mass is 361 g/mol. The van der Waals surface area contributed by atoms with E-state index in [2.05, 4.69) is 20.8 Å². The molecule has 1 heterocycles. The Morgan fingerprint density at radius 1 is 1.32 bits per heavy atom. The van der Waals surface area contributed by atoms with Crippen molar-refractivity contribution < 1.29 is 14.3 Å². The fraction of sp³-hybridized carbons (Fsp3) is 0.375. The van der Waals surface area contributed by atoms with Crippen molar-refractivity contribution in [2.45, 2.75) is 24.0 Å². The number of ether oxygens (including phenoxy) is 1. The molecule has 0 unspecified atom stereocenters. The number of hydrogen-bond donors (Lipinski definition) is 2. The number of carbonyl (C=O) groups is 2. The van der Waals surface area contributed by atoms with Crippen LogP contribution in [0.4, 0.5) is 4.79 Å². The number of imide groups is 1. The van der Waals surface area contributed by atoms with Gasteiger partial charge in [-0.05, 0) is 25.0 Å². The van der Waals surface area contributed by atoms with Gasteiger partial charge in [-0.3, -0.25) is 10.1 Å². The lowest BCUT2D eigenvalue weighted by atomic mass is 10.2. The normalized spacial score (nSPS) is 13.4. The average molecular weight is 361 g/mol. The van der Waals surface area contributed by atoms with Crippen molar-refractivity contribution in [2.24, 2.45) is 7.05 Å². The largest absolute Gasteiger partial charge is 0.496 e. The number of rotatable bonds is 6.